The van der Waals surface area contributed by atoms with E-state index < -0.39 is 0 Å². The molecule has 0 saturated carbocycles. The number of rotatable bonds is 3. The number of nitrogen functional groups attached to an aromatic ring is 1. The van der Waals surface area contributed by atoms with Crippen LogP contribution in [0.15, 0.2) is 40.9 Å². The van der Waals surface area contributed by atoms with Gasteiger partial charge in [0.25, 0.3) is 0 Å². The molecule has 0 unspecified atom stereocenters. The highest BCUT2D eigenvalue weighted by molar-refractivity contribution is 9.10. The van der Waals surface area contributed by atoms with Crippen LogP contribution in [-0.4, -0.2) is 13.2 Å². The summed E-state index contributed by atoms with van der Waals surface area (Å²) in [5.41, 5.74) is 8.72. The summed E-state index contributed by atoms with van der Waals surface area (Å²) < 4.78 is 12.1. The van der Waals surface area contributed by atoms with Gasteiger partial charge in [-0.15, -0.1) is 0 Å². The van der Waals surface area contributed by atoms with E-state index >= 15 is 0 Å². The van der Waals surface area contributed by atoms with Crippen molar-refractivity contribution >= 4 is 27.3 Å². The number of fused-ring (bicyclic) bond motifs is 1. The van der Waals surface area contributed by atoms with Crippen molar-refractivity contribution in [3.05, 3.63) is 46.4 Å². The van der Waals surface area contributed by atoms with E-state index in [4.69, 9.17) is 15.2 Å². The molecule has 104 valence electrons. The molecular formula is C15H15BrN2O2. The van der Waals surface area contributed by atoms with Crippen molar-refractivity contribution in [1.82, 2.24) is 0 Å². The van der Waals surface area contributed by atoms with Crippen LogP contribution in [0.1, 0.15) is 5.56 Å². The second-order valence-electron chi connectivity index (χ2n) is 4.57. The van der Waals surface area contributed by atoms with Gasteiger partial charge in [0.15, 0.2) is 11.5 Å². The third-order valence-electron chi connectivity index (χ3n) is 3.09. The van der Waals surface area contributed by atoms with Gasteiger partial charge in [-0.05, 0) is 17.7 Å². The second kappa shape index (κ2) is 5.63. The van der Waals surface area contributed by atoms with Crippen molar-refractivity contribution in [2.24, 2.45) is 0 Å². The van der Waals surface area contributed by atoms with Crippen molar-refractivity contribution in [2.75, 3.05) is 24.3 Å². The van der Waals surface area contributed by atoms with E-state index in [1.807, 2.05) is 18.2 Å². The molecule has 5 heteroatoms. The molecule has 2 aromatic rings. The van der Waals surface area contributed by atoms with Gasteiger partial charge in [0, 0.05) is 23.2 Å². The summed E-state index contributed by atoms with van der Waals surface area (Å²) >= 11 is 3.46. The minimum Gasteiger partial charge on any atom is -0.486 e. The zero-order valence-corrected chi connectivity index (χ0v) is 12.4. The molecule has 1 aliphatic rings. The number of nitrogens with one attached hydrogen (secondary N) is 1. The van der Waals surface area contributed by atoms with E-state index in [9.17, 15) is 0 Å². The Balaban J connectivity index is 1.77. The first-order valence-corrected chi connectivity index (χ1v) is 7.19. The molecule has 3 rings (SSSR count). The smallest absolute Gasteiger partial charge is 0.163 e. The number of ether oxygens (including phenoxy) is 2. The number of nitrogens with two attached hydrogens (primary N) is 1. The van der Waals surface area contributed by atoms with Crippen LogP contribution in [0.2, 0.25) is 0 Å². The third-order valence-corrected chi connectivity index (χ3v) is 3.58. The summed E-state index contributed by atoms with van der Waals surface area (Å²) in [5, 5.41) is 3.33. The largest absolute Gasteiger partial charge is 0.486 e. The Morgan fingerprint density at radius 3 is 2.60 bits per heavy atom. The van der Waals surface area contributed by atoms with Gasteiger partial charge in [0.05, 0.1) is 11.4 Å². The maximum Gasteiger partial charge on any atom is 0.163 e. The summed E-state index contributed by atoms with van der Waals surface area (Å²) in [6.45, 7) is 1.84. The molecule has 0 saturated heterocycles. The fraction of sp³-hybridized carbons (Fsp3) is 0.200. The van der Waals surface area contributed by atoms with Gasteiger partial charge < -0.3 is 20.5 Å². The maximum absolute atomic E-state index is 6.03. The molecule has 0 spiro atoms. The number of hydrogen-bond acceptors (Lipinski definition) is 4. The fourth-order valence-corrected chi connectivity index (χ4v) is 2.55. The topological polar surface area (TPSA) is 56.5 Å². The predicted octanol–water partition coefficient (Wildman–Crippen LogP) is 3.41. The van der Waals surface area contributed by atoms with Gasteiger partial charge in [0.2, 0.25) is 0 Å². The Kier molecular flexibility index (Phi) is 3.69. The summed E-state index contributed by atoms with van der Waals surface area (Å²) in [7, 11) is 0. The quantitative estimate of drug-likeness (QED) is 0.844. The Labute approximate surface area is 126 Å². The van der Waals surface area contributed by atoms with Gasteiger partial charge in [-0.1, -0.05) is 28.1 Å². The van der Waals surface area contributed by atoms with Gasteiger partial charge >= 0.3 is 0 Å². The van der Waals surface area contributed by atoms with Crippen LogP contribution in [0.25, 0.3) is 0 Å². The van der Waals surface area contributed by atoms with Crippen LogP contribution in [-0.2, 0) is 6.54 Å². The molecule has 0 radical (unpaired) electrons. The van der Waals surface area contributed by atoms with E-state index in [0.29, 0.717) is 31.2 Å². The SMILES string of the molecule is Nc1cc2c(cc1NCc1cccc(Br)c1)OCCO2. The van der Waals surface area contributed by atoms with Crippen LogP contribution >= 0.6 is 15.9 Å². The normalized spacial score (nSPS) is 13.1. The van der Waals surface area contributed by atoms with E-state index in [-0.39, 0.29) is 0 Å². The summed E-state index contributed by atoms with van der Waals surface area (Å²) in [5.74, 6) is 1.45. The third kappa shape index (κ3) is 2.82. The van der Waals surface area contributed by atoms with Gasteiger partial charge in [-0.25, -0.2) is 0 Å². The molecular weight excluding hydrogens is 320 g/mol. The molecule has 4 nitrogen and oxygen atoms in total. The highest BCUT2D eigenvalue weighted by Crippen LogP contribution is 2.37. The number of anilines is 2. The average molecular weight is 335 g/mol. The fourth-order valence-electron chi connectivity index (χ4n) is 2.10. The van der Waals surface area contributed by atoms with Gasteiger partial charge in [-0.3, -0.25) is 0 Å². The molecule has 0 bridgehead atoms. The Morgan fingerprint density at radius 2 is 1.85 bits per heavy atom. The van der Waals surface area contributed by atoms with E-state index in [0.717, 1.165) is 15.9 Å². The molecule has 0 fully saturated rings. The Hall–Kier alpha value is -1.88. The molecule has 2 aromatic carbocycles. The number of halogens is 1. The first-order valence-electron chi connectivity index (χ1n) is 6.40. The van der Waals surface area contributed by atoms with Crippen molar-refractivity contribution in [1.29, 1.82) is 0 Å². The number of hydrogen-bond donors (Lipinski definition) is 2. The first kappa shape index (κ1) is 13.1. The lowest BCUT2D eigenvalue weighted by Crippen LogP contribution is -2.16. The molecule has 0 aliphatic carbocycles. The molecule has 0 amide bonds. The summed E-state index contributed by atoms with van der Waals surface area (Å²) in [6, 6.07) is 11.8. The zero-order chi connectivity index (χ0) is 13.9. The minimum atomic E-state index is 0.567. The van der Waals surface area contributed by atoms with Crippen molar-refractivity contribution < 1.29 is 9.47 Å². The molecule has 20 heavy (non-hydrogen) atoms. The Morgan fingerprint density at radius 1 is 1.10 bits per heavy atom. The molecule has 3 N–H and O–H groups in total. The molecule has 1 aliphatic heterocycles. The van der Waals surface area contributed by atoms with E-state index in [1.165, 1.54) is 5.56 Å². The van der Waals surface area contributed by atoms with Crippen LogP contribution in [0, 0.1) is 0 Å². The average Bonchev–Trinajstić information content (AvgIpc) is 2.45. The first-order chi connectivity index (χ1) is 9.72. The molecule has 0 atom stereocenters. The summed E-state index contributed by atoms with van der Waals surface area (Å²) in [6.07, 6.45) is 0. The molecule has 1 heterocycles. The van der Waals surface area contributed by atoms with E-state index in [1.54, 1.807) is 6.07 Å². The van der Waals surface area contributed by atoms with Crippen molar-refractivity contribution in [2.45, 2.75) is 6.54 Å². The lowest BCUT2D eigenvalue weighted by molar-refractivity contribution is 0.172. The monoisotopic (exact) mass is 334 g/mol. The standard InChI is InChI=1S/C15H15BrN2O2/c16-11-3-1-2-10(6-11)9-18-13-8-15-14(7-12(13)17)19-4-5-20-15/h1-3,6-8,18H,4-5,9,17H2. The van der Waals surface area contributed by atoms with E-state index in [2.05, 4.69) is 33.4 Å². The van der Waals surface area contributed by atoms with Crippen LogP contribution < -0.4 is 20.5 Å². The lowest BCUT2D eigenvalue weighted by atomic mass is 10.2. The van der Waals surface area contributed by atoms with Gasteiger partial charge in [0.1, 0.15) is 13.2 Å². The predicted molar refractivity (Wildman–Crippen MR) is 83.3 cm³/mol. The minimum absolute atomic E-state index is 0.567. The highest BCUT2D eigenvalue weighted by Gasteiger charge is 2.14. The maximum atomic E-state index is 6.03. The van der Waals surface area contributed by atoms with Crippen LogP contribution in [0.4, 0.5) is 11.4 Å². The lowest BCUT2D eigenvalue weighted by Gasteiger charge is -2.20. The zero-order valence-electron chi connectivity index (χ0n) is 10.9. The molecule has 0 aromatic heterocycles. The summed E-state index contributed by atoms with van der Waals surface area (Å²) in [4.78, 5) is 0. The Bertz CT molecular complexity index is 631. The second-order valence-corrected chi connectivity index (χ2v) is 5.48. The van der Waals surface area contributed by atoms with Crippen molar-refractivity contribution in [3.63, 3.8) is 0 Å². The number of benzene rings is 2. The van der Waals surface area contributed by atoms with Gasteiger partial charge in [-0.2, -0.15) is 0 Å². The highest BCUT2D eigenvalue weighted by atomic mass is 79.9. The van der Waals surface area contributed by atoms with Crippen molar-refractivity contribution in [3.8, 4) is 11.5 Å². The van der Waals surface area contributed by atoms with Crippen LogP contribution in [0.5, 0.6) is 11.5 Å². The van der Waals surface area contributed by atoms with Crippen LogP contribution in [0.3, 0.4) is 0 Å².